The van der Waals surface area contributed by atoms with Gasteiger partial charge in [0.1, 0.15) is 23.7 Å². The molecule has 3 aromatic heterocycles. The van der Waals surface area contributed by atoms with E-state index in [-0.39, 0.29) is 22.7 Å². The van der Waals surface area contributed by atoms with Crippen LogP contribution in [0.2, 0.25) is 0 Å². The molecule has 24 heavy (non-hydrogen) atoms. The maximum Gasteiger partial charge on any atom is 0.263 e. The number of hydrogen-bond acceptors (Lipinski definition) is 6. The van der Waals surface area contributed by atoms with Gasteiger partial charge in [-0.1, -0.05) is 0 Å². The predicted octanol–water partition coefficient (Wildman–Crippen LogP) is 1.75. The minimum Gasteiger partial charge on any atom is -0.494 e. The quantitative estimate of drug-likeness (QED) is 0.754. The second-order valence-corrected chi connectivity index (χ2v) is 5.06. The van der Waals surface area contributed by atoms with Crippen molar-refractivity contribution < 1.29 is 13.9 Å². The van der Waals surface area contributed by atoms with Gasteiger partial charge in [-0.15, -0.1) is 5.10 Å². The molecule has 3 heterocycles. The van der Waals surface area contributed by atoms with Crippen LogP contribution in [0.1, 0.15) is 21.7 Å². The number of anilines is 2. The van der Waals surface area contributed by atoms with Crippen molar-refractivity contribution in [2.75, 3.05) is 18.2 Å². The summed E-state index contributed by atoms with van der Waals surface area (Å²) in [7, 11) is 1.49. The molecule has 0 aliphatic carbocycles. The number of carbonyl (C=O) groups is 1. The van der Waals surface area contributed by atoms with Gasteiger partial charge in [-0.2, -0.15) is 0 Å². The first kappa shape index (κ1) is 15.7. The van der Waals surface area contributed by atoms with E-state index in [1.807, 2.05) is 0 Å². The molecule has 3 rings (SSSR count). The molecule has 0 aromatic carbocycles. The van der Waals surface area contributed by atoms with Gasteiger partial charge in [0.25, 0.3) is 5.91 Å². The van der Waals surface area contributed by atoms with Crippen LogP contribution >= 0.6 is 0 Å². The topological polar surface area (TPSA) is 107 Å². The molecule has 0 aliphatic heterocycles. The fourth-order valence-electron chi connectivity index (χ4n) is 2.26. The number of alkyl halides is 1. The molecule has 0 atom stereocenters. The molecular weight excluding hydrogens is 315 g/mol. The maximum absolute atomic E-state index is 12.8. The Morgan fingerprint density at radius 2 is 2.29 bits per heavy atom. The average molecular weight is 330 g/mol. The minimum atomic E-state index is -0.752. The van der Waals surface area contributed by atoms with Crippen LogP contribution in [0.4, 0.5) is 15.9 Å². The summed E-state index contributed by atoms with van der Waals surface area (Å²) in [5.41, 5.74) is 7.38. The summed E-state index contributed by atoms with van der Waals surface area (Å²) in [6, 6.07) is 3.16. The SMILES string of the molecule is COc1cc(C)ncc1NC(=O)c1c(N)nn2ccc(CF)nc12. The highest BCUT2D eigenvalue weighted by molar-refractivity contribution is 6.12. The number of halogens is 1. The number of carbonyl (C=O) groups excluding carboxylic acids is 1. The van der Waals surface area contributed by atoms with Gasteiger partial charge in [-0.3, -0.25) is 9.78 Å². The number of rotatable bonds is 4. The van der Waals surface area contributed by atoms with Gasteiger partial charge in [-0.25, -0.2) is 13.9 Å². The van der Waals surface area contributed by atoms with E-state index in [0.29, 0.717) is 11.4 Å². The van der Waals surface area contributed by atoms with Gasteiger partial charge >= 0.3 is 0 Å². The highest BCUT2D eigenvalue weighted by atomic mass is 19.1. The zero-order valence-corrected chi connectivity index (χ0v) is 13.1. The van der Waals surface area contributed by atoms with Gasteiger partial charge in [-0.05, 0) is 13.0 Å². The highest BCUT2D eigenvalue weighted by Gasteiger charge is 2.21. The van der Waals surface area contributed by atoms with Crippen LogP contribution in [0.5, 0.6) is 5.75 Å². The number of methoxy groups -OCH3 is 1. The fourth-order valence-corrected chi connectivity index (χ4v) is 2.26. The number of ether oxygens (including phenoxy) is 1. The predicted molar refractivity (Wildman–Crippen MR) is 85.7 cm³/mol. The third kappa shape index (κ3) is 2.71. The number of nitrogens with two attached hydrogens (primary N) is 1. The zero-order chi connectivity index (χ0) is 17.3. The molecule has 3 N–H and O–H groups in total. The van der Waals surface area contributed by atoms with Gasteiger partial charge in [0, 0.05) is 18.0 Å². The van der Waals surface area contributed by atoms with E-state index < -0.39 is 12.6 Å². The van der Waals surface area contributed by atoms with Crippen molar-refractivity contribution in [2.45, 2.75) is 13.6 Å². The number of nitrogens with one attached hydrogen (secondary N) is 1. The largest absolute Gasteiger partial charge is 0.494 e. The molecule has 0 saturated carbocycles. The lowest BCUT2D eigenvalue weighted by molar-refractivity contribution is 0.102. The first-order chi connectivity index (χ1) is 11.5. The molecule has 0 aliphatic rings. The Balaban J connectivity index is 2.01. The van der Waals surface area contributed by atoms with Crippen molar-refractivity contribution in [1.82, 2.24) is 19.6 Å². The van der Waals surface area contributed by atoms with Crippen molar-refractivity contribution in [2.24, 2.45) is 0 Å². The Hall–Kier alpha value is -3.23. The number of pyridine rings is 1. The first-order valence-corrected chi connectivity index (χ1v) is 7.05. The molecule has 0 radical (unpaired) electrons. The summed E-state index contributed by atoms with van der Waals surface area (Å²) in [5.74, 6) is -0.0756. The Kier molecular flexibility index (Phi) is 3.98. The van der Waals surface area contributed by atoms with Gasteiger partial charge < -0.3 is 15.8 Å². The Morgan fingerprint density at radius 1 is 1.50 bits per heavy atom. The third-order valence-electron chi connectivity index (χ3n) is 3.40. The van der Waals surface area contributed by atoms with Crippen molar-refractivity contribution in [3.63, 3.8) is 0 Å². The van der Waals surface area contributed by atoms with Gasteiger partial charge in [0.2, 0.25) is 0 Å². The molecular formula is C15H15FN6O2. The maximum atomic E-state index is 12.8. The summed E-state index contributed by atoms with van der Waals surface area (Å²) >= 11 is 0. The molecule has 0 spiro atoms. The summed E-state index contributed by atoms with van der Waals surface area (Å²) in [5, 5.41) is 6.68. The van der Waals surface area contributed by atoms with Crippen LogP contribution < -0.4 is 15.8 Å². The van der Waals surface area contributed by atoms with E-state index in [9.17, 15) is 9.18 Å². The lowest BCUT2D eigenvalue weighted by Gasteiger charge is -2.10. The van der Waals surface area contributed by atoms with Gasteiger partial charge in [0.15, 0.2) is 11.5 Å². The normalized spacial score (nSPS) is 10.8. The number of nitrogens with zero attached hydrogens (tertiary/aromatic N) is 4. The summed E-state index contributed by atoms with van der Waals surface area (Å²) in [6.45, 7) is 1.05. The van der Waals surface area contributed by atoms with Crippen LogP contribution in [0, 0.1) is 6.92 Å². The van der Waals surface area contributed by atoms with Crippen LogP contribution in [0.25, 0.3) is 5.65 Å². The van der Waals surface area contributed by atoms with E-state index in [1.165, 1.54) is 30.1 Å². The first-order valence-electron chi connectivity index (χ1n) is 7.05. The molecule has 0 unspecified atom stereocenters. The number of fused-ring (bicyclic) bond motifs is 1. The standard InChI is InChI=1S/C15H15FN6O2/c1-8-5-11(24-2)10(7-18-8)20-15(23)12-13(17)21-22-4-3-9(6-16)19-14(12)22/h3-5,7H,6H2,1-2H3,(H2,17,21)(H,20,23). The molecule has 3 aromatic rings. The van der Waals surface area contributed by atoms with Gasteiger partial charge in [0.05, 0.1) is 19.0 Å². The number of aromatic nitrogens is 4. The molecule has 0 fully saturated rings. The van der Waals surface area contributed by atoms with Crippen molar-refractivity contribution >= 4 is 23.1 Å². The van der Waals surface area contributed by atoms with Crippen LogP contribution in [-0.2, 0) is 6.67 Å². The fraction of sp³-hybridized carbons (Fsp3) is 0.200. The lowest BCUT2D eigenvalue weighted by atomic mass is 10.2. The van der Waals surface area contributed by atoms with Crippen LogP contribution in [0.15, 0.2) is 24.5 Å². The van der Waals surface area contributed by atoms with E-state index in [2.05, 4.69) is 20.4 Å². The molecule has 0 saturated heterocycles. The van der Waals surface area contributed by atoms with E-state index >= 15 is 0 Å². The highest BCUT2D eigenvalue weighted by Crippen LogP contribution is 2.25. The summed E-state index contributed by atoms with van der Waals surface area (Å²) in [4.78, 5) is 20.8. The van der Waals surface area contributed by atoms with Crippen molar-refractivity contribution in [1.29, 1.82) is 0 Å². The molecule has 1 amide bonds. The Morgan fingerprint density at radius 3 is 3.00 bits per heavy atom. The van der Waals surface area contributed by atoms with Crippen molar-refractivity contribution in [3.05, 3.63) is 41.5 Å². The Bertz CT molecular complexity index is 924. The number of hydrogen-bond donors (Lipinski definition) is 2. The number of nitrogen functional groups attached to an aromatic ring is 1. The molecule has 124 valence electrons. The number of amides is 1. The zero-order valence-electron chi connectivity index (χ0n) is 13.1. The summed E-state index contributed by atoms with van der Waals surface area (Å²) in [6.07, 6.45) is 2.98. The van der Waals surface area contributed by atoms with Crippen molar-refractivity contribution in [3.8, 4) is 5.75 Å². The molecule has 8 nitrogen and oxygen atoms in total. The van der Waals surface area contributed by atoms with E-state index in [1.54, 1.807) is 13.0 Å². The summed E-state index contributed by atoms with van der Waals surface area (Å²) < 4.78 is 19.4. The number of aryl methyl sites for hydroxylation is 1. The second kappa shape index (κ2) is 6.11. The van der Waals surface area contributed by atoms with E-state index in [4.69, 9.17) is 10.5 Å². The Labute approximate surface area is 136 Å². The minimum absolute atomic E-state index is 0.00459. The second-order valence-electron chi connectivity index (χ2n) is 5.06. The monoisotopic (exact) mass is 330 g/mol. The smallest absolute Gasteiger partial charge is 0.263 e. The van der Waals surface area contributed by atoms with Crippen LogP contribution in [-0.4, -0.2) is 32.6 Å². The molecule has 0 bridgehead atoms. The third-order valence-corrected chi connectivity index (χ3v) is 3.40. The lowest BCUT2D eigenvalue weighted by Crippen LogP contribution is -2.15. The van der Waals surface area contributed by atoms with E-state index in [0.717, 1.165) is 5.69 Å². The average Bonchev–Trinajstić information content (AvgIpc) is 2.91. The van der Waals surface area contributed by atoms with Crippen LogP contribution in [0.3, 0.4) is 0 Å². The molecule has 9 heteroatoms.